The van der Waals surface area contributed by atoms with Gasteiger partial charge in [0.25, 0.3) is 0 Å². The number of anilines is 1. The molecule has 0 atom stereocenters. The zero-order chi connectivity index (χ0) is 12.6. The third kappa shape index (κ3) is 3.73. The predicted molar refractivity (Wildman–Crippen MR) is 61.5 cm³/mol. The molecule has 0 bridgehead atoms. The van der Waals surface area contributed by atoms with E-state index in [9.17, 15) is 8.42 Å². The summed E-state index contributed by atoms with van der Waals surface area (Å²) in [6, 6.07) is 0. The van der Waals surface area contributed by atoms with E-state index in [1.807, 2.05) is 20.8 Å². The van der Waals surface area contributed by atoms with Gasteiger partial charge in [-0.05, 0) is 0 Å². The molecule has 1 aromatic heterocycles. The molecule has 0 aliphatic carbocycles. The molecule has 0 saturated heterocycles. The summed E-state index contributed by atoms with van der Waals surface area (Å²) in [5.41, 5.74) is 5.23. The van der Waals surface area contributed by atoms with Crippen LogP contribution in [0.25, 0.3) is 0 Å². The number of nitrogen functional groups attached to an aromatic ring is 1. The van der Waals surface area contributed by atoms with E-state index in [-0.39, 0.29) is 22.9 Å². The van der Waals surface area contributed by atoms with Crippen molar-refractivity contribution < 1.29 is 8.42 Å². The molecule has 1 aromatic rings. The molecule has 1 rings (SSSR count). The van der Waals surface area contributed by atoms with Crippen LogP contribution < -0.4 is 5.73 Å². The van der Waals surface area contributed by atoms with Gasteiger partial charge in [-0.25, -0.2) is 13.4 Å². The van der Waals surface area contributed by atoms with Gasteiger partial charge in [0.1, 0.15) is 17.4 Å². The van der Waals surface area contributed by atoms with E-state index in [0.29, 0.717) is 5.82 Å². The summed E-state index contributed by atoms with van der Waals surface area (Å²) in [7, 11) is -3.16. The van der Waals surface area contributed by atoms with Crippen LogP contribution in [0.5, 0.6) is 0 Å². The Bertz CT molecular complexity index is 491. The largest absolute Gasteiger partial charge is 0.368 e. The first-order valence-corrected chi connectivity index (χ1v) is 6.82. The lowest BCUT2D eigenvalue weighted by Crippen LogP contribution is -2.20. The molecule has 2 N–H and O–H groups in total. The topological polar surface area (TPSA) is 98.8 Å². The van der Waals surface area contributed by atoms with Crippen LogP contribution in [-0.4, -0.2) is 29.6 Å². The van der Waals surface area contributed by atoms with E-state index in [0.717, 1.165) is 6.26 Å². The molecule has 1 heterocycles. The van der Waals surface area contributed by atoms with Gasteiger partial charge >= 0.3 is 0 Å². The summed E-state index contributed by atoms with van der Waals surface area (Å²) in [5.74, 6) is 0.528. The van der Waals surface area contributed by atoms with Crippen LogP contribution in [-0.2, 0) is 21.0 Å². The van der Waals surface area contributed by atoms with Gasteiger partial charge in [-0.2, -0.15) is 9.97 Å². The molecule has 0 saturated carbocycles. The molecule has 90 valence electrons. The molecule has 16 heavy (non-hydrogen) atoms. The van der Waals surface area contributed by atoms with Crippen molar-refractivity contribution in [1.82, 2.24) is 15.0 Å². The second-order valence-electron chi connectivity index (χ2n) is 4.75. The highest BCUT2D eigenvalue weighted by molar-refractivity contribution is 7.89. The second-order valence-corrected chi connectivity index (χ2v) is 6.89. The number of nitrogens with zero attached hydrogens (tertiary/aromatic N) is 3. The van der Waals surface area contributed by atoms with E-state index in [2.05, 4.69) is 15.0 Å². The van der Waals surface area contributed by atoms with Crippen LogP contribution >= 0.6 is 0 Å². The Hall–Kier alpha value is -1.24. The third-order valence-corrected chi connectivity index (χ3v) is 2.54. The van der Waals surface area contributed by atoms with Crippen molar-refractivity contribution >= 4 is 15.8 Å². The molecule has 0 unspecified atom stereocenters. The highest BCUT2D eigenvalue weighted by Gasteiger charge is 2.20. The quantitative estimate of drug-likeness (QED) is 0.803. The van der Waals surface area contributed by atoms with E-state index < -0.39 is 9.84 Å². The van der Waals surface area contributed by atoms with Crippen molar-refractivity contribution in [2.75, 3.05) is 12.0 Å². The number of nitrogens with two attached hydrogens (primary N) is 1. The van der Waals surface area contributed by atoms with Gasteiger partial charge in [0.2, 0.25) is 5.95 Å². The van der Waals surface area contributed by atoms with Crippen LogP contribution in [0.4, 0.5) is 5.95 Å². The van der Waals surface area contributed by atoms with Gasteiger partial charge in [0.15, 0.2) is 9.84 Å². The maximum atomic E-state index is 11.1. The van der Waals surface area contributed by atoms with Crippen molar-refractivity contribution in [3.63, 3.8) is 0 Å². The first kappa shape index (κ1) is 12.8. The Kier molecular flexibility index (Phi) is 3.18. The molecule has 0 spiro atoms. The normalized spacial score (nSPS) is 12.8. The second kappa shape index (κ2) is 3.97. The Balaban J connectivity index is 3.19. The Labute approximate surface area is 95.2 Å². The van der Waals surface area contributed by atoms with Gasteiger partial charge in [0, 0.05) is 11.7 Å². The minimum absolute atomic E-state index is 0.0542. The zero-order valence-corrected chi connectivity index (χ0v) is 10.7. The SMILES string of the molecule is CC(C)(C)c1nc(N)nc(CS(C)(=O)=O)n1. The molecule has 0 aliphatic heterocycles. The van der Waals surface area contributed by atoms with Gasteiger partial charge < -0.3 is 5.73 Å². The Morgan fingerprint density at radius 3 is 2.19 bits per heavy atom. The molecule has 6 nitrogen and oxygen atoms in total. The van der Waals surface area contributed by atoms with Gasteiger partial charge in [0.05, 0.1) is 0 Å². The zero-order valence-electron chi connectivity index (χ0n) is 9.85. The summed E-state index contributed by atoms with van der Waals surface area (Å²) in [5, 5.41) is 0. The monoisotopic (exact) mass is 244 g/mol. The Morgan fingerprint density at radius 1 is 1.19 bits per heavy atom. The summed E-state index contributed by atoms with van der Waals surface area (Å²) in [4.78, 5) is 11.9. The lowest BCUT2D eigenvalue weighted by atomic mass is 9.96. The molecule has 0 aliphatic rings. The number of hydrogen-bond acceptors (Lipinski definition) is 6. The van der Waals surface area contributed by atoms with Gasteiger partial charge in [-0.1, -0.05) is 20.8 Å². The number of hydrogen-bond donors (Lipinski definition) is 1. The van der Waals surface area contributed by atoms with Crippen molar-refractivity contribution in [2.24, 2.45) is 0 Å². The fourth-order valence-corrected chi connectivity index (χ4v) is 1.67. The molecular formula is C9H16N4O2S. The summed E-state index contributed by atoms with van der Waals surface area (Å²) in [6.07, 6.45) is 1.13. The smallest absolute Gasteiger partial charge is 0.223 e. The maximum Gasteiger partial charge on any atom is 0.223 e. The number of sulfone groups is 1. The third-order valence-electron chi connectivity index (χ3n) is 1.76. The van der Waals surface area contributed by atoms with Crippen LogP contribution in [0, 0.1) is 0 Å². The molecule has 7 heteroatoms. The van der Waals surface area contributed by atoms with Gasteiger partial charge in [-0.15, -0.1) is 0 Å². The molecule has 0 fully saturated rings. The van der Waals surface area contributed by atoms with Crippen LogP contribution in [0.3, 0.4) is 0 Å². The van der Waals surface area contributed by atoms with Crippen molar-refractivity contribution in [3.8, 4) is 0 Å². The average Bonchev–Trinajstić information content (AvgIpc) is 1.97. The fraction of sp³-hybridized carbons (Fsp3) is 0.667. The minimum atomic E-state index is -3.16. The van der Waals surface area contributed by atoms with Crippen molar-refractivity contribution in [1.29, 1.82) is 0 Å². The lowest BCUT2D eigenvalue weighted by molar-refractivity contribution is 0.538. The van der Waals surface area contributed by atoms with Gasteiger partial charge in [-0.3, -0.25) is 0 Å². The average molecular weight is 244 g/mol. The van der Waals surface area contributed by atoms with E-state index in [1.54, 1.807) is 0 Å². The van der Waals surface area contributed by atoms with Crippen LogP contribution in [0.15, 0.2) is 0 Å². The highest BCUT2D eigenvalue weighted by atomic mass is 32.2. The summed E-state index contributed by atoms with van der Waals surface area (Å²) in [6.45, 7) is 5.77. The molecule has 0 radical (unpaired) electrons. The summed E-state index contributed by atoms with van der Waals surface area (Å²) < 4.78 is 22.3. The fourth-order valence-electron chi connectivity index (χ4n) is 1.07. The van der Waals surface area contributed by atoms with E-state index in [1.165, 1.54) is 0 Å². The highest BCUT2D eigenvalue weighted by Crippen LogP contribution is 2.18. The van der Waals surface area contributed by atoms with Crippen LogP contribution in [0.1, 0.15) is 32.4 Å². The van der Waals surface area contributed by atoms with E-state index in [4.69, 9.17) is 5.73 Å². The van der Waals surface area contributed by atoms with E-state index >= 15 is 0 Å². The number of aromatic nitrogens is 3. The predicted octanol–water partition coefficient (Wildman–Crippen LogP) is 0.296. The molecule has 0 aromatic carbocycles. The minimum Gasteiger partial charge on any atom is -0.368 e. The maximum absolute atomic E-state index is 11.1. The van der Waals surface area contributed by atoms with Crippen molar-refractivity contribution in [3.05, 3.63) is 11.6 Å². The molecule has 0 amide bonds. The van der Waals surface area contributed by atoms with Crippen LogP contribution in [0.2, 0.25) is 0 Å². The van der Waals surface area contributed by atoms with Crippen molar-refractivity contribution in [2.45, 2.75) is 31.9 Å². The first-order valence-electron chi connectivity index (χ1n) is 4.76. The Morgan fingerprint density at radius 2 is 1.75 bits per heavy atom. The first-order chi connectivity index (χ1) is 7.08. The summed E-state index contributed by atoms with van der Waals surface area (Å²) >= 11 is 0. The lowest BCUT2D eigenvalue weighted by Gasteiger charge is -2.16. The standard InChI is InChI=1S/C9H16N4O2S/c1-9(2,3)7-11-6(5-16(4,14)15)12-8(10)13-7/h5H2,1-4H3,(H2,10,11,12,13). The number of rotatable bonds is 2. The molecular weight excluding hydrogens is 228 g/mol.